The number of carbonyl (C=O) groups is 1. The molecule has 4 heteroatoms. The van der Waals surface area contributed by atoms with Gasteiger partial charge >= 0.3 is 0 Å². The van der Waals surface area contributed by atoms with Gasteiger partial charge in [-0.05, 0) is 24.0 Å². The average Bonchev–Trinajstić information content (AvgIpc) is 2.42. The average molecular weight is 277 g/mol. The minimum atomic E-state index is -0.445. The lowest BCUT2D eigenvalue weighted by Crippen LogP contribution is -2.48. The van der Waals surface area contributed by atoms with Crippen LogP contribution in [0, 0.1) is 11.8 Å². The van der Waals surface area contributed by atoms with Crippen LogP contribution in [0.1, 0.15) is 27.7 Å². The first kappa shape index (κ1) is 16.5. The maximum atomic E-state index is 11.9. The fraction of sp³-hybridized carbons (Fsp3) is 0.562. The summed E-state index contributed by atoms with van der Waals surface area (Å²) in [6, 6.07) is 9.76. The molecule has 2 atom stereocenters. The molecule has 0 fully saturated rings. The van der Waals surface area contributed by atoms with Gasteiger partial charge in [0.2, 0.25) is 5.91 Å². The predicted octanol–water partition coefficient (Wildman–Crippen LogP) is 2.22. The Morgan fingerprint density at radius 3 is 2.20 bits per heavy atom. The van der Waals surface area contributed by atoms with Crippen molar-refractivity contribution in [2.75, 3.05) is 11.9 Å². The van der Waals surface area contributed by atoms with E-state index < -0.39 is 6.04 Å². The molecule has 4 nitrogen and oxygen atoms in total. The summed E-state index contributed by atoms with van der Waals surface area (Å²) >= 11 is 0. The van der Waals surface area contributed by atoms with Gasteiger partial charge < -0.3 is 16.4 Å². The van der Waals surface area contributed by atoms with Crippen molar-refractivity contribution in [3.63, 3.8) is 0 Å². The maximum Gasteiger partial charge on any atom is 0.237 e. The van der Waals surface area contributed by atoms with Gasteiger partial charge in [0.05, 0.1) is 6.04 Å². The molecule has 1 aromatic rings. The molecule has 0 aliphatic heterocycles. The van der Waals surface area contributed by atoms with Crippen molar-refractivity contribution < 1.29 is 4.79 Å². The van der Waals surface area contributed by atoms with Gasteiger partial charge in [-0.25, -0.2) is 0 Å². The third-order valence-electron chi connectivity index (χ3n) is 3.45. The van der Waals surface area contributed by atoms with Crippen molar-refractivity contribution in [1.82, 2.24) is 5.32 Å². The van der Waals surface area contributed by atoms with Crippen LogP contribution in [0.15, 0.2) is 30.3 Å². The molecule has 1 unspecified atom stereocenters. The number of para-hydroxylation sites is 1. The molecule has 0 saturated heterocycles. The first-order chi connectivity index (χ1) is 9.41. The molecule has 0 saturated carbocycles. The van der Waals surface area contributed by atoms with Gasteiger partial charge in [0.25, 0.3) is 0 Å². The largest absolute Gasteiger partial charge is 0.380 e. The van der Waals surface area contributed by atoms with E-state index in [1.807, 2.05) is 44.2 Å². The Hall–Kier alpha value is -1.55. The van der Waals surface area contributed by atoms with Gasteiger partial charge in [0, 0.05) is 18.3 Å². The maximum absolute atomic E-state index is 11.9. The zero-order valence-electron chi connectivity index (χ0n) is 12.9. The van der Waals surface area contributed by atoms with Crippen LogP contribution in [-0.4, -0.2) is 24.5 Å². The number of anilines is 1. The Morgan fingerprint density at radius 2 is 1.70 bits per heavy atom. The summed E-state index contributed by atoms with van der Waals surface area (Å²) in [6.07, 6.45) is 0. The Labute approximate surface area is 122 Å². The number of nitrogens with one attached hydrogen (secondary N) is 2. The molecule has 0 aromatic heterocycles. The van der Waals surface area contributed by atoms with E-state index in [0.717, 1.165) is 5.69 Å². The van der Waals surface area contributed by atoms with Crippen molar-refractivity contribution in [2.45, 2.75) is 39.8 Å². The van der Waals surface area contributed by atoms with Gasteiger partial charge in [0.15, 0.2) is 0 Å². The Kier molecular flexibility index (Phi) is 6.52. The second kappa shape index (κ2) is 7.90. The lowest BCUT2D eigenvalue weighted by Gasteiger charge is -2.25. The zero-order chi connectivity index (χ0) is 15.1. The number of hydrogen-bond acceptors (Lipinski definition) is 3. The molecule has 4 N–H and O–H groups in total. The van der Waals surface area contributed by atoms with Crippen LogP contribution < -0.4 is 16.4 Å². The van der Waals surface area contributed by atoms with E-state index in [-0.39, 0.29) is 17.9 Å². The van der Waals surface area contributed by atoms with Crippen molar-refractivity contribution in [1.29, 1.82) is 0 Å². The van der Waals surface area contributed by atoms with E-state index >= 15 is 0 Å². The first-order valence-electron chi connectivity index (χ1n) is 7.26. The minimum Gasteiger partial charge on any atom is -0.380 e. The fourth-order valence-electron chi connectivity index (χ4n) is 1.83. The second-order valence-electron chi connectivity index (χ2n) is 5.88. The summed E-state index contributed by atoms with van der Waals surface area (Å²) in [4.78, 5) is 11.9. The molecule has 0 radical (unpaired) electrons. The molecule has 0 bridgehead atoms. The van der Waals surface area contributed by atoms with Gasteiger partial charge in [0.1, 0.15) is 0 Å². The van der Waals surface area contributed by atoms with E-state index in [2.05, 4.69) is 24.5 Å². The van der Waals surface area contributed by atoms with Crippen LogP contribution in [0.4, 0.5) is 5.69 Å². The summed E-state index contributed by atoms with van der Waals surface area (Å²) in [5.41, 5.74) is 6.91. The SMILES string of the molecule is CC(C)C(CNC(=O)[C@@H](N)C(C)C)Nc1ccccc1. The summed E-state index contributed by atoms with van der Waals surface area (Å²) in [6.45, 7) is 8.74. The summed E-state index contributed by atoms with van der Waals surface area (Å²) in [5.74, 6) is 0.473. The van der Waals surface area contributed by atoms with Gasteiger partial charge in [-0.3, -0.25) is 4.79 Å². The third-order valence-corrected chi connectivity index (χ3v) is 3.45. The van der Waals surface area contributed by atoms with Crippen LogP contribution in [0.3, 0.4) is 0 Å². The molecule has 1 aromatic carbocycles. The van der Waals surface area contributed by atoms with Crippen LogP contribution in [0.2, 0.25) is 0 Å². The molecule has 0 heterocycles. The Bertz CT molecular complexity index is 403. The van der Waals surface area contributed by atoms with E-state index in [9.17, 15) is 4.79 Å². The number of rotatable bonds is 7. The molecule has 20 heavy (non-hydrogen) atoms. The number of benzene rings is 1. The quantitative estimate of drug-likeness (QED) is 0.716. The molecule has 0 aliphatic rings. The lowest BCUT2D eigenvalue weighted by molar-refractivity contribution is -0.123. The second-order valence-corrected chi connectivity index (χ2v) is 5.88. The van der Waals surface area contributed by atoms with E-state index in [1.165, 1.54) is 0 Å². The summed E-state index contributed by atoms with van der Waals surface area (Å²) in [5, 5.41) is 6.39. The van der Waals surface area contributed by atoms with Crippen molar-refractivity contribution in [2.24, 2.45) is 17.6 Å². The molecular formula is C16H27N3O. The van der Waals surface area contributed by atoms with E-state index in [4.69, 9.17) is 5.73 Å². The van der Waals surface area contributed by atoms with Crippen LogP contribution >= 0.6 is 0 Å². The van der Waals surface area contributed by atoms with Crippen LogP contribution in [-0.2, 0) is 4.79 Å². The predicted molar refractivity (Wildman–Crippen MR) is 84.5 cm³/mol. The highest BCUT2D eigenvalue weighted by molar-refractivity contribution is 5.81. The fourth-order valence-corrected chi connectivity index (χ4v) is 1.83. The molecule has 0 aliphatic carbocycles. The van der Waals surface area contributed by atoms with Crippen LogP contribution in [0.25, 0.3) is 0 Å². The van der Waals surface area contributed by atoms with Crippen molar-refractivity contribution in [3.05, 3.63) is 30.3 Å². The summed E-state index contributed by atoms with van der Waals surface area (Å²) < 4.78 is 0. The molecular weight excluding hydrogens is 250 g/mol. The lowest BCUT2D eigenvalue weighted by atomic mass is 10.0. The summed E-state index contributed by atoms with van der Waals surface area (Å²) in [7, 11) is 0. The van der Waals surface area contributed by atoms with Gasteiger partial charge in [-0.2, -0.15) is 0 Å². The smallest absolute Gasteiger partial charge is 0.237 e. The number of amides is 1. The van der Waals surface area contributed by atoms with E-state index in [1.54, 1.807) is 0 Å². The highest BCUT2D eigenvalue weighted by Gasteiger charge is 2.19. The Balaban J connectivity index is 2.54. The molecule has 0 spiro atoms. The monoisotopic (exact) mass is 277 g/mol. The third kappa shape index (κ3) is 5.21. The molecule has 112 valence electrons. The zero-order valence-corrected chi connectivity index (χ0v) is 12.9. The number of carbonyl (C=O) groups excluding carboxylic acids is 1. The minimum absolute atomic E-state index is 0.0829. The Morgan fingerprint density at radius 1 is 1.10 bits per heavy atom. The molecule has 1 rings (SSSR count). The number of nitrogens with two attached hydrogens (primary N) is 1. The van der Waals surface area contributed by atoms with Crippen LogP contribution in [0.5, 0.6) is 0 Å². The van der Waals surface area contributed by atoms with Crippen molar-refractivity contribution in [3.8, 4) is 0 Å². The van der Waals surface area contributed by atoms with Gasteiger partial charge in [-0.15, -0.1) is 0 Å². The first-order valence-corrected chi connectivity index (χ1v) is 7.26. The van der Waals surface area contributed by atoms with Gasteiger partial charge in [-0.1, -0.05) is 45.9 Å². The molecule has 1 amide bonds. The standard InChI is InChI=1S/C16H27N3O/c1-11(2)14(19-13-8-6-5-7-9-13)10-18-16(20)15(17)12(3)4/h5-9,11-12,14-15,19H,10,17H2,1-4H3,(H,18,20)/t14?,15-/m0/s1. The number of hydrogen-bond donors (Lipinski definition) is 3. The topological polar surface area (TPSA) is 67.2 Å². The highest BCUT2D eigenvalue weighted by atomic mass is 16.2. The highest BCUT2D eigenvalue weighted by Crippen LogP contribution is 2.12. The van der Waals surface area contributed by atoms with E-state index in [0.29, 0.717) is 12.5 Å². The normalized spacial score (nSPS) is 14.2. The van der Waals surface area contributed by atoms with Crippen molar-refractivity contribution >= 4 is 11.6 Å².